The summed E-state index contributed by atoms with van der Waals surface area (Å²) in [4.78, 5) is 24.2. The van der Waals surface area contributed by atoms with Crippen molar-refractivity contribution in [2.75, 3.05) is 20.8 Å². The van der Waals surface area contributed by atoms with Crippen LogP contribution in [0.2, 0.25) is 0 Å². The zero-order valence-corrected chi connectivity index (χ0v) is 15.4. The topological polar surface area (TPSA) is 61.8 Å². The molecular formula is C21H22O5. The molecule has 2 aromatic carbocycles. The van der Waals surface area contributed by atoms with Gasteiger partial charge in [-0.1, -0.05) is 29.8 Å². The van der Waals surface area contributed by atoms with Gasteiger partial charge in [-0.3, -0.25) is 4.79 Å². The maximum absolute atomic E-state index is 12.2. The van der Waals surface area contributed by atoms with Crippen molar-refractivity contribution in [1.29, 1.82) is 0 Å². The highest BCUT2D eigenvalue weighted by Crippen LogP contribution is 2.31. The maximum atomic E-state index is 12.2. The van der Waals surface area contributed by atoms with Crippen LogP contribution in [0.25, 0.3) is 6.08 Å². The second-order valence-electron chi connectivity index (χ2n) is 5.77. The summed E-state index contributed by atoms with van der Waals surface area (Å²) in [5.74, 6) is 0.249. The van der Waals surface area contributed by atoms with Gasteiger partial charge in [0.05, 0.1) is 14.2 Å². The minimum atomic E-state index is -0.603. The fraction of sp³-hybridized carbons (Fsp3) is 0.238. The molecule has 0 saturated heterocycles. The van der Waals surface area contributed by atoms with E-state index in [1.165, 1.54) is 13.2 Å². The predicted octanol–water partition coefficient (Wildman–Crippen LogP) is 3.76. The third-order valence-corrected chi connectivity index (χ3v) is 3.87. The molecule has 0 saturated carbocycles. The first-order chi connectivity index (χ1) is 12.5. The lowest BCUT2D eigenvalue weighted by Crippen LogP contribution is -2.13. The lowest BCUT2D eigenvalue weighted by atomic mass is 10.0. The van der Waals surface area contributed by atoms with Gasteiger partial charge in [-0.15, -0.1) is 0 Å². The van der Waals surface area contributed by atoms with E-state index in [-0.39, 0.29) is 12.4 Å². The van der Waals surface area contributed by atoms with E-state index in [4.69, 9.17) is 14.2 Å². The summed E-state index contributed by atoms with van der Waals surface area (Å²) in [5, 5.41) is 0. The van der Waals surface area contributed by atoms with Gasteiger partial charge in [0, 0.05) is 17.2 Å². The Labute approximate surface area is 153 Å². The van der Waals surface area contributed by atoms with E-state index in [0.717, 1.165) is 11.1 Å². The van der Waals surface area contributed by atoms with Gasteiger partial charge >= 0.3 is 5.97 Å². The van der Waals surface area contributed by atoms with Crippen LogP contribution in [0.5, 0.6) is 11.5 Å². The van der Waals surface area contributed by atoms with Gasteiger partial charge in [0.25, 0.3) is 0 Å². The van der Waals surface area contributed by atoms with E-state index in [2.05, 4.69) is 0 Å². The van der Waals surface area contributed by atoms with Gasteiger partial charge in [-0.25, -0.2) is 4.79 Å². The second kappa shape index (κ2) is 8.85. The van der Waals surface area contributed by atoms with Gasteiger partial charge in [-0.2, -0.15) is 0 Å². The number of benzene rings is 2. The Balaban J connectivity index is 2.02. The standard InChI is InChI=1S/C21H22O5/c1-14-8-9-15(2)17(12-14)18(22)13-26-20(23)11-10-16-6-5-7-19(24-3)21(16)25-4/h5-12H,13H2,1-4H3/b11-10+. The molecule has 136 valence electrons. The van der Waals surface area contributed by atoms with Crippen molar-refractivity contribution >= 4 is 17.8 Å². The highest BCUT2D eigenvalue weighted by molar-refractivity contribution is 6.00. The van der Waals surface area contributed by atoms with Crippen LogP contribution >= 0.6 is 0 Å². The summed E-state index contributed by atoms with van der Waals surface area (Å²) < 4.78 is 15.6. The van der Waals surface area contributed by atoms with E-state index < -0.39 is 5.97 Å². The Morgan fingerprint density at radius 2 is 1.81 bits per heavy atom. The largest absolute Gasteiger partial charge is 0.493 e. The number of ketones is 1. The molecule has 26 heavy (non-hydrogen) atoms. The average Bonchev–Trinajstić information content (AvgIpc) is 2.65. The molecule has 2 aromatic rings. The van der Waals surface area contributed by atoms with Gasteiger partial charge < -0.3 is 14.2 Å². The molecule has 0 atom stereocenters. The van der Waals surface area contributed by atoms with Crippen molar-refractivity contribution in [3.05, 3.63) is 64.7 Å². The van der Waals surface area contributed by atoms with Crippen LogP contribution in [-0.4, -0.2) is 32.6 Å². The Kier molecular flexibility index (Phi) is 6.55. The number of hydrogen-bond donors (Lipinski definition) is 0. The molecule has 0 aromatic heterocycles. The van der Waals surface area contributed by atoms with Crippen molar-refractivity contribution in [3.63, 3.8) is 0 Å². The Bertz CT molecular complexity index is 836. The summed E-state index contributed by atoms with van der Waals surface area (Å²) in [6.45, 7) is 3.46. The van der Waals surface area contributed by atoms with Crippen molar-refractivity contribution < 1.29 is 23.8 Å². The molecule has 2 rings (SSSR count). The van der Waals surface area contributed by atoms with E-state index in [1.807, 2.05) is 26.0 Å². The van der Waals surface area contributed by atoms with Crippen molar-refractivity contribution in [3.8, 4) is 11.5 Å². The molecule has 0 spiro atoms. The summed E-state index contributed by atoms with van der Waals surface area (Å²) in [6.07, 6.45) is 2.82. The van der Waals surface area contributed by atoms with Crippen LogP contribution in [-0.2, 0) is 9.53 Å². The van der Waals surface area contributed by atoms with Crippen LogP contribution in [0.4, 0.5) is 0 Å². The molecule has 5 heteroatoms. The van der Waals surface area contributed by atoms with Crippen LogP contribution in [0.3, 0.4) is 0 Å². The molecule has 0 heterocycles. The maximum Gasteiger partial charge on any atom is 0.331 e. The van der Waals surface area contributed by atoms with Gasteiger partial charge in [-0.05, 0) is 37.6 Å². The third-order valence-electron chi connectivity index (χ3n) is 3.87. The van der Waals surface area contributed by atoms with Crippen molar-refractivity contribution in [2.45, 2.75) is 13.8 Å². The average molecular weight is 354 g/mol. The third kappa shape index (κ3) is 4.72. The molecule has 0 unspecified atom stereocenters. The fourth-order valence-electron chi connectivity index (χ4n) is 2.50. The molecule has 0 bridgehead atoms. The summed E-state index contributed by atoms with van der Waals surface area (Å²) >= 11 is 0. The number of carbonyl (C=O) groups excluding carboxylic acids is 2. The summed E-state index contributed by atoms with van der Waals surface area (Å²) in [6, 6.07) is 10.9. The second-order valence-corrected chi connectivity index (χ2v) is 5.77. The first-order valence-corrected chi connectivity index (χ1v) is 8.12. The number of carbonyl (C=O) groups is 2. The number of ether oxygens (including phenoxy) is 3. The Morgan fingerprint density at radius 3 is 2.50 bits per heavy atom. The number of hydrogen-bond acceptors (Lipinski definition) is 5. The lowest BCUT2D eigenvalue weighted by Gasteiger charge is -2.09. The van der Waals surface area contributed by atoms with Crippen LogP contribution < -0.4 is 9.47 Å². The number of esters is 1. The number of Topliss-reactive ketones (excluding diaryl/α,β-unsaturated/α-hetero) is 1. The zero-order chi connectivity index (χ0) is 19.1. The molecule has 0 N–H and O–H groups in total. The molecular weight excluding hydrogens is 332 g/mol. The highest BCUT2D eigenvalue weighted by atomic mass is 16.5. The first kappa shape index (κ1) is 19.2. The zero-order valence-electron chi connectivity index (χ0n) is 15.4. The van der Waals surface area contributed by atoms with Crippen molar-refractivity contribution in [1.82, 2.24) is 0 Å². The van der Waals surface area contributed by atoms with Crippen molar-refractivity contribution in [2.24, 2.45) is 0 Å². The van der Waals surface area contributed by atoms with Gasteiger partial charge in [0.2, 0.25) is 5.78 Å². The minimum absolute atomic E-state index is 0.230. The van der Waals surface area contributed by atoms with E-state index in [9.17, 15) is 9.59 Å². The molecule has 0 amide bonds. The number of para-hydroxylation sites is 1. The number of aryl methyl sites for hydroxylation is 2. The van der Waals surface area contributed by atoms with Crippen LogP contribution in [0, 0.1) is 13.8 Å². The normalized spacial score (nSPS) is 10.6. The highest BCUT2D eigenvalue weighted by Gasteiger charge is 2.12. The summed E-state index contributed by atoms with van der Waals surface area (Å²) in [5.41, 5.74) is 3.07. The van der Waals surface area contributed by atoms with E-state index >= 15 is 0 Å². The van der Waals surface area contributed by atoms with E-state index in [1.54, 1.807) is 37.5 Å². The molecule has 0 radical (unpaired) electrons. The van der Waals surface area contributed by atoms with Crippen LogP contribution in [0.15, 0.2) is 42.5 Å². The quantitative estimate of drug-likeness (QED) is 0.430. The Morgan fingerprint density at radius 1 is 1.04 bits per heavy atom. The molecule has 0 aliphatic rings. The van der Waals surface area contributed by atoms with E-state index in [0.29, 0.717) is 22.6 Å². The smallest absolute Gasteiger partial charge is 0.331 e. The number of methoxy groups -OCH3 is 2. The monoisotopic (exact) mass is 354 g/mol. The SMILES string of the molecule is COc1cccc(/C=C/C(=O)OCC(=O)c2cc(C)ccc2C)c1OC. The molecule has 0 aliphatic heterocycles. The fourth-order valence-corrected chi connectivity index (χ4v) is 2.50. The van der Waals surface area contributed by atoms with Gasteiger partial charge in [0.15, 0.2) is 18.1 Å². The Hall–Kier alpha value is -3.08. The lowest BCUT2D eigenvalue weighted by molar-refractivity contribution is -0.136. The first-order valence-electron chi connectivity index (χ1n) is 8.12. The van der Waals surface area contributed by atoms with Gasteiger partial charge in [0.1, 0.15) is 0 Å². The minimum Gasteiger partial charge on any atom is -0.493 e. The molecule has 0 fully saturated rings. The van der Waals surface area contributed by atoms with Crippen LogP contribution in [0.1, 0.15) is 27.0 Å². The summed E-state index contributed by atoms with van der Waals surface area (Å²) in [7, 11) is 3.06. The molecule has 5 nitrogen and oxygen atoms in total. The number of rotatable bonds is 7. The molecule has 0 aliphatic carbocycles. The predicted molar refractivity (Wildman–Crippen MR) is 99.8 cm³/mol.